The maximum absolute atomic E-state index is 12.2. The molecule has 19 heavy (non-hydrogen) atoms. The first-order valence-electron chi connectivity index (χ1n) is 6.70. The third kappa shape index (κ3) is 2.37. The van der Waals surface area contributed by atoms with E-state index in [0.717, 1.165) is 29.7 Å². The highest BCUT2D eigenvalue weighted by Gasteiger charge is 2.31. The molecule has 0 aliphatic carbocycles. The van der Waals surface area contributed by atoms with Gasteiger partial charge in [-0.25, -0.2) is 0 Å². The molecule has 1 atom stereocenters. The molecule has 0 saturated carbocycles. The minimum atomic E-state index is 0.163. The van der Waals surface area contributed by atoms with Crippen LogP contribution in [0.25, 0.3) is 0 Å². The number of fused-ring (bicyclic) bond motifs is 1. The van der Waals surface area contributed by atoms with E-state index in [9.17, 15) is 4.79 Å². The third-order valence-electron chi connectivity index (χ3n) is 4.00. The van der Waals surface area contributed by atoms with Gasteiger partial charge in [-0.1, -0.05) is 15.9 Å². The predicted octanol–water partition coefficient (Wildman–Crippen LogP) is 1.98. The number of carbonyl (C=O) groups is 1. The molecule has 1 fully saturated rings. The van der Waals surface area contributed by atoms with Gasteiger partial charge in [0.1, 0.15) is 0 Å². The minimum absolute atomic E-state index is 0.163. The second-order valence-electron chi connectivity index (χ2n) is 5.21. The Labute approximate surface area is 121 Å². The molecular weight excluding hydrogens is 306 g/mol. The summed E-state index contributed by atoms with van der Waals surface area (Å²) in [5.41, 5.74) is 2.16. The number of benzene rings is 1. The number of nitrogens with one attached hydrogen (secondary N) is 1. The molecular formula is C14H18BrN3O. The van der Waals surface area contributed by atoms with Gasteiger partial charge in [0.25, 0.3) is 0 Å². The number of nitrogens with zero attached hydrogens (tertiary/aromatic N) is 2. The van der Waals surface area contributed by atoms with Gasteiger partial charge in [0.05, 0.1) is 17.9 Å². The van der Waals surface area contributed by atoms with Gasteiger partial charge in [-0.15, -0.1) is 0 Å². The summed E-state index contributed by atoms with van der Waals surface area (Å²) < 4.78 is 1.01. The smallest absolute Gasteiger partial charge is 0.246 e. The van der Waals surface area contributed by atoms with Crippen LogP contribution in [-0.2, 0) is 4.79 Å². The maximum Gasteiger partial charge on any atom is 0.246 e. The fraction of sp³-hybridized carbons (Fsp3) is 0.500. The highest BCUT2D eigenvalue weighted by atomic mass is 79.9. The van der Waals surface area contributed by atoms with Crippen LogP contribution in [0.3, 0.4) is 0 Å². The Hall–Kier alpha value is -1.07. The van der Waals surface area contributed by atoms with Crippen molar-refractivity contribution in [1.82, 2.24) is 5.32 Å². The predicted molar refractivity (Wildman–Crippen MR) is 80.8 cm³/mol. The molecule has 4 nitrogen and oxygen atoms in total. The van der Waals surface area contributed by atoms with Gasteiger partial charge in [-0.2, -0.15) is 0 Å². The lowest BCUT2D eigenvalue weighted by Gasteiger charge is -2.42. The second-order valence-corrected chi connectivity index (χ2v) is 6.13. The Morgan fingerprint density at radius 3 is 2.95 bits per heavy atom. The quantitative estimate of drug-likeness (QED) is 0.858. The average molecular weight is 324 g/mol. The average Bonchev–Trinajstić information content (AvgIpc) is 2.44. The standard InChI is InChI=1S/C14H18BrN3O/c1-17-13-7-10(15)4-5-12(13)18(9-14(17)19)11-3-2-6-16-8-11/h4-5,7,11,16H,2-3,6,8-9H2,1H3. The van der Waals surface area contributed by atoms with Crippen molar-refractivity contribution in [2.24, 2.45) is 0 Å². The largest absolute Gasteiger partial charge is 0.356 e. The van der Waals surface area contributed by atoms with Crippen LogP contribution >= 0.6 is 15.9 Å². The number of hydrogen-bond donors (Lipinski definition) is 1. The van der Waals surface area contributed by atoms with Gasteiger partial charge >= 0.3 is 0 Å². The van der Waals surface area contributed by atoms with Crippen molar-refractivity contribution < 1.29 is 4.79 Å². The normalized spacial score (nSPS) is 23.5. The van der Waals surface area contributed by atoms with Crippen LogP contribution in [0.5, 0.6) is 0 Å². The van der Waals surface area contributed by atoms with Crippen LogP contribution in [0.2, 0.25) is 0 Å². The van der Waals surface area contributed by atoms with E-state index < -0.39 is 0 Å². The summed E-state index contributed by atoms with van der Waals surface area (Å²) in [6.45, 7) is 2.54. The van der Waals surface area contributed by atoms with Crippen LogP contribution in [0.1, 0.15) is 12.8 Å². The topological polar surface area (TPSA) is 35.6 Å². The van der Waals surface area contributed by atoms with Crippen LogP contribution < -0.4 is 15.1 Å². The molecule has 1 aromatic carbocycles. The van der Waals surface area contributed by atoms with Crippen molar-refractivity contribution in [3.63, 3.8) is 0 Å². The van der Waals surface area contributed by atoms with E-state index in [4.69, 9.17) is 0 Å². The molecule has 1 aromatic rings. The summed E-state index contributed by atoms with van der Waals surface area (Å²) in [5, 5.41) is 3.42. The van der Waals surface area contributed by atoms with Gasteiger partial charge in [-0.3, -0.25) is 4.79 Å². The van der Waals surface area contributed by atoms with E-state index in [1.807, 2.05) is 19.2 Å². The van der Waals surface area contributed by atoms with E-state index in [2.05, 4.69) is 32.2 Å². The fourth-order valence-electron chi connectivity index (χ4n) is 2.90. The van der Waals surface area contributed by atoms with Gasteiger partial charge in [-0.05, 0) is 37.6 Å². The van der Waals surface area contributed by atoms with Crippen LogP contribution in [0.15, 0.2) is 22.7 Å². The van der Waals surface area contributed by atoms with Crippen LogP contribution in [0.4, 0.5) is 11.4 Å². The van der Waals surface area contributed by atoms with Crippen molar-refractivity contribution in [3.8, 4) is 0 Å². The summed E-state index contributed by atoms with van der Waals surface area (Å²) in [7, 11) is 1.85. The molecule has 0 aromatic heterocycles. The summed E-state index contributed by atoms with van der Waals surface area (Å²) in [4.78, 5) is 16.2. The number of hydrogen-bond acceptors (Lipinski definition) is 3. The lowest BCUT2D eigenvalue weighted by molar-refractivity contribution is -0.117. The summed E-state index contributed by atoms with van der Waals surface area (Å²) >= 11 is 3.48. The number of rotatable bonds is 1. The van der Waals surface area contributed by atoms with Gasteiger partial charge in [0, 0.05) is 24.1 Å². The Morgan fingerprint density at radius 2 is 2.21 bits per heavy atom. The van der Waals surface area contributed by atoms with E-state index in [1.165, 1.54) is 12.1 Å². The zero-order valence-electron chi connectivity index (χ0n) is 11.0. The van der Waals surface area contributed by atoms with Crippen molar-refractivity contribution in [2.75, 3.05) is 36.5 Å². The van der Waals surface area contributed by atoms with Crippen molar-refractivity contribution in [3.05, 3.63) is 22.7 Å². The summed E-state index contributed by atoms with van der Waals surface area (Å²) in [6.07, 6.45) is 2.33. The van der Waals surface area contributed by atoms with Crippen LogP contribution in [-0.4, -0.2) is 38.6 Å². The first-order valence-corrected chi connectivity index (χ1v) is 7.49. The van der Waals surface area contributed by atoms with E-state index in [-0.39, 0.29) is 5.91 Å². The molecule has 5 heteroatoms. The molecule has 1 N–H and O–H groups in total. The SMILES string of the molecule is CN1C(=O)CN(C2CCCNC2)c2ccc(Br)cc21. The molecule has 0 bridgehead atoms. The molecule has 2 aliphatic heterocycles. The number of anilines is 2. The van der Waals surface area contributed by atoms with Gasteiger partial charge in [0.15, 0.2) is 0 Å². The monoisotopic (exact) mass is 323 g/mol. The molecule has 102 valence electrons. The zero-order chi connectivity index (χ0) is 13.4. The lowest BCUT2D eigenvalue weighted by atomic mass is 10.0. The lowest BCUT2D eigenvalue weighted by Crippen LogP contribution is -2.53. The van der Waals surface area contributed by atoms with Crippen LogP contribution in [0, 0.1) is 0 Å². The molecule has 1 saturated heterocycles. The molecule has 1 amide bonds. The summed E-state index contributed by atoms with van der Waals surface area (Å²) in [5.74, 6) is 0.163. The third-order valence-corrected chi connectivity index (χ3v) is 4.49. The highest BCUT2D eigenvalue weighted by molar-refractivity contribution is 9.10. The first kappa shape index (κ1) is 12.9. The van der Waals surface area contributed by atoms with Gasteiger partial charge < -0.3 is 15.1 Å². The first-order chi connectivity index (χ1) is 9.16. The number of likely N-dealkylation sites (N-methyl/N-ethyl adjacent to an activating group) is 1. The molecule has 2 aliphatic rings. The number of amides is 1. The maximum atomic E-state index is 12.2. The Morgan fingerprint density at radius 1 is 1.37 bits per heavy atom. The van der Waals surface area contributed by atoms with E-state index >= 15 is 0 Å². The van der Waals surface area contributed by atoms with Gasteiger partial charge in [0.2, 0.25) is 5.91 Å². The molecule has 2 heterocycles. The molecule has 3 rings (SSSR count). The molecule has 0 radical (unpaired) electrons. The van der Waals surface area contributed by atoms with E-state index in [1.54, 1.807) is 4.90 Å². The Bertz CT molecular complexity index is 499. The number of carbonyl (C=O) groups excluding carboxylic acids is 1. The van der Waals surface area contributed by atoms with Crippen molar-refractivity contribution >= 4 is 33.2 Å². The zero-order valence-corrected chi connectivity index (χ0v) is 12.6. The van der Waals surface area contributed by atoms with E-state index in [0.29, 0.717) is 12.6 Å². The number of piperidine rings is 1. The molecule has 1 unspecified atom stereocenters. The summed E-state index contributed by atoms with van der Waals surface area (Å²) in [6, 6.07) is 6.60. The number of halogens is 1. The highest BCUT2D eigenvalue weighted by Crippen LogP contribution is 2.36. The Kier molecular flexibility index (Phi) is 3.50. The Balaban J connectivity index is 1.98. The van der Waals surface area contributed by atoms with Crippen molar-refractivity contribution in [1.29, 1.82) is 0 Å². The fourth-order valence-corrected chi connectivity index (χ4v) is 3.25. The molecule has 0 spiro atoms. The second kappa shape index (κ2) is 5.13. The van der Waals surface area contributed by atoms with Crippen molar-refractivity contribution in [2.45, 2.75) is 18.9 Å². The minimum Gasteiger partial charge on any atom is -0.356 e.